The molecule has 84 valence electrons. The van der Waals surface area contributed by atoms with E-state index < -0.39 is 0 Å². The molecule has 0 heterocycles. The molecule has 0 aromatic carbocycles. The van der Waals surface area contributed by atoms with Crippen LogP contribution in [0.2, 0.25) is 0 Å². The van der Waals surface area contributed by atoms with E-state index in [1.165, 1.54) is 37.8 Å². The third-order valence-corrected chi connectivity index (χ3v) is 3.78. The maximum atomic E-state index is 11.1. The van der Waals surface area contributed by atoms with Crippen LogP contribution in [0.3, 0.4) is 0 Å². The fourth-order valence-corrected chi connectivity index (χ4v) is 2.83. The first-order valence-corrected chi connectivity index (χ1v) is 6.29. The molecule has 2 nitrogen and oxygen atoms in total. The van der Waals surface area contributed by atoms with Crippen LogP contribution in [0.25, 0.3) is 0 Å². The van der Waals surface area contributed by atoms with Gasteiger partial charge in [-0.3, -0.25) is 4.79 Å². The Morgan fingerprint density at radius 2 is 2.13 bits per heavy atom. The molecule has 0 bridgehead atoms. The zero-order valence-electron chi connectivity index (χ0n) is 9.59. The van der Waals surface area contributed by atoms with Crippen molar-refractivity contribution in [2.75, 3.05) is 0 Å². The van der Waals surface area contributed by atoms with Gasteiger partial charge in [0.25, 0.3) is 0 Å². The van der Waals surface area contributed by atoms with Crippen LogP contribution in [0.4, 0.5) is 0 Å². The smallest absolute Gasteiger partial charge is 0.157 e. The van der Waals surface area contributed by atoms with Gasteiger partial charge < -0.3 is 5.32 Å². The van der Waals surface area contributed by atoms with E-state index in [-0.39, 0.29) is 0 Å². The first-order valence-electron chi connectivity index (χ1n) is 6.29. The third kappa shape index (κ3) is 2.61. The van der Waals surface area contributed by atoms with Gasteiger partial charge in [0.15, 0.2) is 5.78 Å². The van der Waals surface area contributed by atoms with E-state index in [0.29, 0.717) is 18.2 Å². The summed E-state index contributed by atoms with van der Waals surface area (Å²) < 4.78 is 0. The Labute approximate surface area is 92.1 Å². The van der Waals surface area contributed by atoms with Crippen LogP contribution >= 0.6 is 0 Å². The van der Waals surface area contributed by atoms with Crippen molar-refractivity contribution in [3.05, 3.63) is 11.8 Å². The van der Waals surface area contributed by atoms with E-state index in [4.69, 9.17) is 0 Å². The molecule has 1 saturated carbocycles. The second-order valence-corrected chi connectivity index (χ2v) is 4.84. The first kappa shape index (κ1) is 10.7. The van der Waals surface area contributed by atoms with Crippen molar-refractivity contribution < 1.29 is 4.79 Å². The van der Waals surface area contributed by atoms with E-state index in [1.54, 1.807) is 6.08 Å². The van der Waals surface area contributed by atoms with Gasteiger partial charge >= 0.3 is 0 Å². The molecule has 1 fully saturated rings. The highest BCUT2D eigenvalue weighted by molar-refractivity contribution is 5.92. The van der Waals surface area contributed by atoms with Crippen LogP contribution in [-0.2, 0) is 4.79 Å². The van der Waals surface area contributed by atoms with Gasteiger partial charge in [0.1, 0.15) is 0 Å². The Balaban J connectivity index is 1.91. The Bertz CT molecular complexity index is 270. The summed E-state index contributed by atoms with van der Waals surface area (Å²) in [6.07, 6.45) is 10.1. The van der Waals surface area contributed by atoms with Gasteiger partial charge in [0.05, 0.1) is 0 Å². The van der Waals surface area contributed by atoms with E-state index >= 15 is 0 Å². The number of nitrogens with one attached hydrogen (secondary N) is 1. The van der Waals surface area contributed by atoms with E-state index in [1.807, 2.05) is 0 Å². The monoisotopic (exact) mass is 207 g/mol. The van der Waals surface area contributed by atoms with Crippen LogP contribution < -0.4 is 5.32 Å². The number of ketones is 1. The Hall–Kier alpha value is -0.790. The summed E-state index contributed by atoms with van der Waals surface area (Å²) in [7, 11) is 0. The minimum Gasteiger partial charge on any atom is -0.385 e. The molecule has 0 amide bonds. The standard InChI is InChI=1S/C13H21NO/c1-2-10-5-3-4-6-13(10)14-11-7-8-12(15)9-11/h9-10,13-14H,2-8H2,1H3. The first-order chi connectivity index (χ1) is 7.29. The van der Waals surface area contributed by atoms with E-state index in [9.17, 15) is 4.79 Å². The van der Waals surface area contributed by atoms with E-state index in [2.05, 4.69) is 12.2 Å². The van der Waals surface area contributed by atoms with Crippen molar-refractivity contribution in [3.63, 3.8) is 0 Å². The van der Waals surface area contributed by atoms with Crippen LogP contribution in [0, 0.1) is 5.92 Å². The van der Waals surface area contributed by atoms with Gasteiger partial charge in [-0.15, -0.1) is 0 Å². The molecule has 2 atom stereocenters. The molecule has 15 heavy (non-hydrogen) atoms. The zero-order valence-corrected chi connectivity index (χ0v) is 9.59. The van der Waals surface area contributed by atoms with Gasteiger partial charge in [-0.05, 0) is 25.2 Å². The molecule has 2 rings (SSSR count). The van der Waals surface area contributed by atoms with Gasteiger partial charge in [0, 0.05) is 24.2 Å². The molecular weight excluding hydrogens is 186 g/mol. The van der Waals surface area contributed by atoms with Crippen molar-refractivity contribution in [2.45, 2.75) is 57.9 Å². The maximum absolute atomic E-state index is 11.1. The van der Waals surface area contributed by atoms with Gasteiger partial charge in [-0.2, -0.15) is 0 Å². The number of rotatable bonds is 3. The molecule has 2 aliphatic carbocycles. The SMILES string of the molecule is CCC1CCCCC1NC1=CC(=O)CC1. The minimum absolute atomic E-state index is 0.293. The molecule has 0 aromatic heterocycles. The highest BCUT2D eigenvalue weighted by Crippen LogP contribution is 2.28. The number of carbonyl (C=O) groups is 1. The van der Waals surface area contributed by atoms with Crippen LogP contribution in [0.15, 0.2) is 11.8 Å². The normalized spacial score (nSPS) is 31.5. The summed E-state index contributed by atoms with van der Waals surface area (Å²) in [5.74, 6) is 1.11. The number of allylic oxidation sites excluding steroid dienone is 2. The molecule has 0 aliphatic heterocycles. The van der Waals surface area contributed by atoms with Gasteiger partial charge in [0.2, 0.25) is 0 Å². The number of hydrogen-bond acceptors (Lipinski definition) is 2. The summed E-state index contributed by atoms with van der Waals surface area (Å²) in [5.41, 5.74) is 1.19. The molecule has 2 heteroatoms. The maximum Gasteiger partial charge on any atom is 0.157 e. The topological polar surface area (TPSA) is 29.1 Å². The number of carbonyl (C=O) groups excluding carboxylic acids is 1. The fraction of sp³-hybridized carbons (Fsp3) is 0.769. The van der Waals surface area contributed by atoms with Crippen molar-refractivity contribution in [3.8, 4) is 0 Å². The van der Waals surface area contributed by atoms with Crippen molar-refractivity contribution in [1.29, 1.82) is 0 Å². The van der Waals surface area contributed by atoms with E-state index in [0.717, 1.165) is 12.3 Å². The average molecular weight is 207 g/mol. The summed E-state index contributed by atoms with van der Waals surface area (Å²) in [4.78, 5) is 11.1. The predicted octanol–water partition coefficient (Wildman–Crippen LogP) is 2.79. The van der Waals surface area contributed by atoms with Crippen molar-refractivity contribution >= 4 is 5.78 Å². The molecule has 2 aliphatic rings. The van der Waals surface area contributed by atoms with Crippen LogP contribution in [0.1, 0.15) is 51.9 Å². The molecule has 0 radical (unpaired) electrons. The lowest BCUT2D eigenvalue weighted by atomic mass is 9.83. The lowest BCUT2D eigenvalue weighted by molar-refractivity contribution is -0.114. The second kappa shape index (κ2) is 4.82. The van der Waals surface area contributed by atoms with Crippen LogP contribution in [0.5, 0.6) is 0 Å². The van der Waals surface area contributed by atoms with Crippen molar-refractivity contribution in [1.82, 2.24) is 5.32 Å². The third-order valence-electron chi connectivity index (χ3n) is 3.78. The Morgan fingerprint density at radius 1 is 1.33 bits per heavy atom. The predicted molar refractivity (Wildman–Crippen MR) is 61.5 cm³/mol. The highest BCUT2D eigenvalue weighted by atomic mass is 16.1. The molecule has 2 unspecified atom stereocenters. The molecule has 0 saturated heterocycles. The summed E-state index contributed by atoms with van der Waals surface area (Å²) in [6, 6.07) is 0.626. The van der Waals surface area contributed by atoms with Gasteiger partial charge in [-0.25, -0.2) is 0 Å². The minimum atomic E-state index is 0.293. The average Bonchev–Trinajstić information content (AvgIpc) is 2.65. The Kier molecular flexibility index (Phi) is 3.45. The Morgan fingerprint density at radius 3 is 2.80 bits per heavy atom. The molecule has 1 N–H and O–H groups in total. The summed E-state index contributed by atoms with van der Waals surface area (Å²) >= 11 is 0. The second-order valence-electron chi connectivity index (χ2n) is 4.84. The molecule has 0 spiro atoms. The lowest BCUT2D eigenvalue weighted by Gasteiger charge is -2.32. The summed E-state index contributed by atoms with van der Waals surface area (Å²) in [5, 5.41) is 3.59. The zero-order chi connectivity index (χ0) is 10.7. The fourth-order valence-electron chi connectivity index (χ4n) is 2.83. The quantitative estimate of drug-likeness (QED) is 0.771. The molecular formula is C13H21NO. The number of hydrogen-bond donors (Lipinski definition) is 1. The van der Waals surface area contributed by atoms with Gasteiger partial charge in [-0.1, -0.05) is 26.2 Å². The largest absolute Gasteiger partial charge is 0.385 e. The lowest BCUT2D eigenvalue weighted by Crippen LogP contribution is -2.37. The van der Waals surface area contributed by atoms with Crippen molar-refractivity contribution in [2.24, 2.45) is 5.92 Å². The highest BCUT2D eigenvalue weighted by Gasteiger charge is 2.25. The summed E-state index contributed by atoms with van der Waals surface area (Å²) in [6.45, 7) is 2.28. The van der Waals surface area contributed by atoms with Crippen LogP contribution in [-0.4, -0.2) is 11.8 Å². The molecule has 0 aromatic rings.